The molecule has 0 spiro atoms. The Hall–Kier alpha value is -1.67. The molecule has 2 rings (SSSR count). The largest absolute Gasteiger partial charge is 0.390 e. The molecule has 0 saturated heterocycles. The normalized spacial score (nSPS) is 23.5. The fourth-order valence-electron chi connectivity index (χ4n) is 6.35. The van der Waals surface area contributed by atoms with E-state index in [0.29, 0.717) is 44.7 Å². The molecule has 2 fully saturated rings. The van der Waals surface area contributed by atoms with Crippen LogP contribution >= 0.6 is 0 Å². The number of sulfonamides is 1. The Morgan fingerprint density at radius 2 is 1.61 bits per heavy atom. The minimum absolute atomic E-state index is 0.0261. The van der Waals surface area contributed by atoms with Gasteiger partial charge in [0.2, 0.25) is 21.8 Å². The summed E-state index contributed by atoms with van der Waals surface area (Å²) in [6.45, 7) is 10.6. The van der Waals surface area contributed by atoms with Gasteiger partial charge in [0.15, 0.2) is 0 Å². The number of nitrogens with zero attached hydrogens (tertiary/aromatic N) is 2. The monoisotopic (exact) mass is 596 g/mol. The van der Waals surface area contributed by atoms with Crippen molar-refractivity contribution in [1.82, 2.24) is 20.1 Å². The summed E-state index contributed by atoms with van der Waals surface area (Å²) in [6, 6.07) is -0.514. The van der Waals surface area contributed by atoms with Gasteiger partial charge in [-0.3, -0.25) is 9.59 Å². The Morgan fingerprint density at radius 3 is 2.17 bits per heavy atom. The second kappa shape index (κ2) is 17.4. The molecule has 0 aromatic heterocycles. The number of carbonyl (C=O) groups excluding carboxylic acids is 2. The summed E-state index contributed by atoms with van der Waals surface area (Å²) in [4.78, 5) is 31.7. The van der Waals surface area contributed by atoms with Gasteiger partial charge in [-0.25, -0.2) is 13.4 Å². The SMILES string of the molecule is CC#CC1CC(C(=O)NC(CC2CCCCC2)C(O)CN(C)NS(=O)(=O)C(C)C)CC(C(=O)N(CCC)CCC)C1. The van der Waals surface area contributed by atoms with Crippen LogP contribution in [0.1, 0.15) is 105 Å². The van der Waals surface area contributed by atoms with E-state index in [2.05, 4.69) is 35.8 Å². The van der Waals surface area contributed by atoms with Crippen LogP contribution in [-0.4, -0.2) is 79.3 Å². The zero-order chi connectivity index (χ0) is 30.6. The molecule has 5 atom stereocenters. The first-order valence-electron chi connectivity index (χ1n) is 15.8. The van der Waals surface area contributed by atoms with Crippen molar-refractivity contribution in [2.24, 2.45) is 23.7 Å². The van der Waals surface area contributed by atoms with Crippen LogP contribution in [0.25, 0.3) is 0 Å². The van der Waals surface area contributed by atoms with Crippen LogP contribution in [-0.2, 0) is 19.6 Å². The van der Waals surface area contributed by atoms with Crippen LogP contribution in [0.5, 0.6) is 0 Å². The third kappa shape index (κ3) is 11.5. The van der Waals surface area contributed by atoms with E-state index >= 15 is 0 Å². The van der Waals surface area contributed by atoms with E-state index < -0.39 is 27.4 Å². The maximum atomic E-state index is 13.8. The van der Waals surface area contributed by atoms with Crippen molar-refractivity contribution in [3.8, 4) is 11.8 Å². The number of carbonyl (C=O) groups is 2. The van der Waals surface area contributed by atoms with E-state index in [9.17, 15) is 23.1 Å². The molecule has 236 valence electrons. The topological polar surface area (TPSA) is 119 Å². The lowest BCUT2D eigenvalue weighted by Gasteiger charge is -2.36. The standard InChI is InChI=1S/C31H56N4O5S/c1-7-13-25-18-26(21-27(19-25)31(38)35(16-8-2)17-9-3)30(37)32-28(20-24-14-11-10-12-15-24)29(36)22-34(6)33-41(39,40)23(4)5/h23-29,33,36H,8-12,14-22H2,1-6H3,(H,32,37). The van der Waals surface area contributed by atoms with Gasteiger partial charge < -0.3 is 15.3 Å². The van der Waals surface area contributed by atoms with Crippen molar-refractivity contribution in [3.63, 3.8) is 0 Å². The highest BCUT2D eigenvalue weighted by atomic mass is 32.2. The van der Waals surface area contributed by atoms with E-state index in [1.165, 1.54) is 11.4 Å². The highest BCUT2D eigenvalue weighted by Crippen LogP contribution is 2.35. The van der Waals surface area contributed by atoms with Crippen molar-refractivity contribution in [1.29, 1.82) is 0 Å². The third-order valence-electron chi connectivity index (χ3n) is 8.54. The number of hydrogen-bond acceptors (Lipinski definition) is 6. The minimum Gasteiger partial charge on any atom is -0.390 e. The number of rotatable bonds is 15. The van der Waals surface area contributed by atoms with E-state index in [-0.39, 0.29) is 36.1 Å². The van der Waals surface area contributed by atoms with Gasteiger partial charge >= 0.3 is 0 Å². The fourth-order valence-corrected chi connectivity index (χ4v) is 7.07. The molecule has 0 heterocycles. The molecule has 0 radical (unpaired) electrons. The first-order valence-corrected chi connectivity index (χ1v) is 17.4. The van der Waals surface area contributed by atoms with Gasteiger partial charge in [-0.2, -0.15) is 0 Å². The molecular weight excluding hydrogens is 540 g/mol. The Kier molecular flexibility index (Phi) is 15.1. The van der Waals surface area contributed by atoms with Crippen LogP contribution in [0, 0.1) is 35.5 Å². The van der Waals surface area contributed by atoms with Crippen LogP contribution < -0.4 is 10.1 Å². The quantitative estimate of drug-likeness (QED) is 0.196. The Morgan fingerprint density at radius 1 is 1.00 bits per heavy atom. The highest BCUT2D eigenvalue weighted by Gasteiger charge is 2.38. The van der Waals surface area contributed by atoms with Crippen LogP contribution in [0.3, 0.4) is 0 Å². The van der Waals surface area contributed by atoms with E-state index in [0.717, 1.165) is 38.5 Å². The number of likely N-dealkylation sites (N-methyl/N-ethyl adjacent to an activating group) is 1. The highest BCUT2D eigenvalue weighted by molar-refractivity contribution is 7.90. The van der Waals surface area contributed by atoms with E-state index in [4.69, 9.17) is 0 Å². The van der Waals surface area contributed by atoms with Crippen LogP contribution in [0.2, 0.25) is 0 Å². The molecule has 2 saturated carbocycles. The molecular formula is C31H56N4O5S. The average Bonchev–Trinajstić information content (AvgIpc) is 2.92. The first kappa shape index (κ1) is 35.5. The summed E-state index contributed by atoms with van der Waals surface area (Å²) in [6.07, 6.45) is 8.84. The maximum absolute atomic E-state index is 13.8. The molecule has 9 nitrogen and oxygen atoms in total. The lowest BCUT2D eigenvalue weighted by molar-refractivity contribution is -0.139. The van der Waals surface area contributed by atoms with E-state index in [1.807, 2.05) is 4.90 Å². The molecule has 0 aromatic rings. The molecule has 10 heteroatoms. The van der Waals surface area contributed by atoms with Crippen molar-refractivity contribution in [2.45, 2.75) is 123 Å². The average molecular weight is 597 g/mol. The zero-order valence-electron chi connectivity index (χ0n) is 26.3. The van der Waals surface area contributed by atoms with Gasteiger partial charge in [-0.15, -0.1) is 16.7 Å². The fraction of sp³-hybridized carbons (Fsp3) is 0.871. The molecule has 2 amide bonds. The number of nitrogens with one attached hydrogen (secondary N) is 2. The van der Waals surface area contributed by atoms with Crippen LogP contribution in [0.15, 0.2) is 0 Å². The van der Waals surface area contributed by atoms with Crippen molar-refractivity contribution in [3.05, 3.63) is 0 Å². The van der Waals surface area contributed by atoms with Gasteiger partial charge in [-0.1, -0.05) is 46.0 Å². The molecule has 41 heavy (non-hydrogen) atoms. The van der Waals surface area contributed by atoms with Crippen molar-refractivity contribution >= 4 is 21.8 Å². The van der Waals surface area contributed by atoms with Gasteiger partial charge in [-0.05, 0) is 65.2 Å². The summed E-state index contributed by atoms with van der Waals surface area (Å²) in [5.41, 5.74) is 0. The number of aliphatic hydroxyl groups is 1. The number of amides is 2. The van der Waals surface area contributed by atoms with Crippen molar-refractivity contribution in [2.75, 3.05) is 26.7 Å². The second-order valence-electron chi connectivity index (χ2n) is 12.5. The molecule has 3 N–H and O–H groups in total. The van der Waals surface area contributed by atoms with Gasteiger partial charge in [0.05, 0.1) is 17.4 Å². The van der Waals surface area contributed by atoms with E-state index in [1.54, 1.807) is 27.8 Å². The summed E-state index contributed by atoms with van der Waals surface area (Å²) in [5, 5.41) is 15.2. The Balaban J connectivity index is 2.20. The molecule has 0 bridgehead atoms. The molecule has 2 aliphatic carbocycles. The van der Waals surface area contributed by atoms with Gasteiger partial charge in [0.1, 0.15) is 0 Å². The first-order chi connectivity index (χ1) is 19.4. The second-order valence-corrected chi connectivity index (χ2v) is 14.7. The van der Waals surface area contributed by atoms with Gasteiger partial charge in [0.25, 0.3) is 0 Å². The van der Waals surface area contributed by atoms with Crippen LogP contribution in [0.4, 0.5) is 0 Å². The predicted molar refractivity (Wildman–Crippen MR) is 164 cm³/mol. The zero-order valence-corrected chi connectivity index (χ0v) is 27.1. The number of hydrogen-bond donors (Lipinski definition) is 3. The summed E-state index contributed by atoms with van der Waals surface area (Å²) >= 11 is 0. The smallest absolute Gasteiger partial charge is 0.226 e. The number of aliphatic hydroxyl groups excluding tert-OH is 1. The molecule has 5 unspecified atom stereocenters. The summed E-state index contributed by atoms with van der Waals surface area (Å²) < 4.78 is 24.7. The van der Waals surface area contributed by atoms with Gasteiger partial charge in [0, 0.05) is 44.4 Å². The molecule has 0 aliphatic heterocycles. The summed E-state index contributed by atoms with van der Waals surface area (Å²) in [7, 11) is -1.96. The lowest BCUT2D eigenvalue weighted by atomic mass is 9.74. The van der Waals surface area contributed by atoms with Crippen molar-refractivity contribution < 1.29 is 23.1 Å². The molecule has 2 aliphatic rings. The third-order valence-corrected chi connectivity index (χ3v) is 10.4. The lowest BCUT2D eigenvalue weighted by Crippen LogP contribution is -2.54. The maximum Gasteiger partial charge on any atom is 0.226 e. The summed E-state index contributed by atoms with van der Waals surface area (Å²) in [5.74, 6) is 5.95. The number of hydrazine groups is 1. The Bertz CT molecular complexity index is 980. The minimum atomic E-state index is -3.55. The Labute approximate surface area is 249 Å². The predicted octanol–water partition coefficient (Wildman–Crippen LogP) is 3.68. The molecule has 0 aromatic carbocycles.